The highest BCUT2D eigenvalue weighted by atomic mass is 19.1. The SMILES string of the molecule is CC#CC[C@H](C)[C@H](O)/C=C/[C@@H]1[C@@H](CCCCCCC(=O)OC)[C@H](F)C[C@H]1O. The average Bonchev–Trinajstić information content (AvgIpc) is 2.92. The van der Waals surface area contributed by atoms with Crippen molar-refractivity contribution in [3.05, 3.63) is 12.2 Å². The summed E-state index contributed by atoms with van der Waals surface area (Å²) in [4.78, 5) is 11.1. The molecule has 0 bridgehead atoms. The maximum atomic E-state index is 14.3. The Morgan fingerprint density at radius 1 is 1.33 bits per heavy atom. The quantitative estimate of drug-likeness (QED) is 0.247. The van der Waals surface area contributed by atoms with Crippen LogP contribution in [0.15, 0.2) is 12.2 Å². The third-order valence-corrected chi connectivity index (χ3v) is 5.48. The molecule has 0 heterocycles. The second kappa shape index (κ2) is 12.9. The number of esters is 1. The number of halogens is 1. The van der Waals surface area contributed by atoms with Crippen LogP contribution >= 0.6 is 0 Å². The second-order valence-corrected chi connectivity index (χ2v) is 7.57. The van der Waals surface area contributed by atoms with Crippen molar-refractivity contribution in [1.82, 2.24) is 0 Å². The van der Waals surface area contributed by atoms with Gasteiger partial charge in [-0.3, -0.25) is 4.79 Å². The Balaban J connectivity index is 2.45. The molecule has 0 spiro atoms. The van der Waals surface area contributed by atoms with Crippen LogP contribution in [0.25, 0.3) is 0 Å². The Kier molecular flexibility index (Phi) is 11.3. The number of methoxy groups -OCH3 is 1. The van der Waals surface area contributed by atoms with Crippen molar-refractivity contribution in [2.75, 3.05) is 7.11 Å². The average molecular weight is 383 g/mol. The Labute approximate surface area is 163 Å². The van der Waals surface area contributed by atoms with Crippen LogP contribution in [0.3, 0.4) is 0 Å². The van der Waals surface area contributed by atoms with Gasteiger partial charge in [0.1, 0.15) is 6.17 Å². The summed E-state index contributed by atoms with van der Waals surface area (Å²) in [6, 6.07) is 0. The van der Waals surface area contributed by atoms with E-state index in [0.717, 1.165) is 25.7 Å². The lowest BCUT2D eigenvalue weighted by Gasteiger charge is -2.21. The zero-order valence-electron chi connectivity index (χ0n) is 16.9. The van der Waals surface area contributed by atoms with Crippen LogP contribution in [-0.2, 0) is 9.53 Å². The topological polar surface area (TPSA) is 66.8 Å². The van der Waals surface area contributed by atoms with E-state index in [1.807, 2.05) is 6.92 Å². The lowest BCUT2D eigenvalue weighted by Crippen LogP contribution is -2.21. The van der Waals surface area contributed by atoms with Crippen LogP contribution in [0.5, 0.6) is 0 Å². The molecule has 0 aromatic carbocycles. The van der Waals surface area contributed by atoms with Crippen LogP contribution in [0.2, 0.25) is 0 Å². The molecule has 0 aromatic heterocycles. The smallest absolute Gasteiger partial charge is 0.305 e. The van der Waals surface area contributed by atoms with E-state index in [1.54, 1.807) is 19.1 Å². The molecule has 2 N–H and O–H groups in total. The summed E-state index contributed by atoms with van der Waals surface area (Å²) in [7, 11) is 1.39. The van der Waals surface area contributed by atoms with Crippen molar-refractivity contribution >= 4 is 5.97 Å². The minimum atomic E-state index is -1.01. The van der Waals surface area contributed by atoms with E-state index in [2.05, 4.69) is 16.6 Å². The summed E-state index contributed by atoms with van der Waals surface area (Å²) in [5.41, 5.74) is 0. The van der Waals surface area contributed by atoms with Crippen molar-refractivity contribution in [3.63, 3.8) is 0 Å². The molecule has 0 unspecified atom stereocenters. The molecule has 0 aliphatic heterocycles. The fraction of sp³-hybridized carbons (Fsp3) is 0.773. The van der Waals surface area contributed by atoms with Crippen molar-refractivity contribution < 1.29 is 24.1 Å². The van der Waals surface area contributed by atoms with E-state index in [1.165, 1.54) is 7.11 Å². The first-order valence-electron chi connectivity index (χ1n) is 10.1. The molecule has 0 amide bonds. The van der Waals surface area contributed by atoms with E-state index in [4.69, 9.17) is 0 Å². The number of alkyl halides is 1. The second-order valence-electron chi connectivity index (χ2n) is 7.57. The first-order valence-corrected chi connectivity index (χ1v) is 10.1. The van der Waals surface area contributed by atoms with E-state index in [-0.39, 0.29) is 30.1 Å². The van der Waals surface area contributed by atoms with Crippen molar-refractivity contribution in [2.24, 2.45) is 17.8 Å². The normalized spacial score (nSPS) is 27.2. The number of carbonyl (C=O) groups excluding carboxylic acids is 1. The lowest BCUT2D eigenvalue weighted by atomic mass is 9.87. The molecule has 0 aromatic rings. The number of hydrogen-bond acceptors (Lipinski definition) is 4. The molecule has 6 atom stereocenters. The summed E-state index contributed by atoms with van der Waals surface area (Å²) in [5.74, 6) is 5.11. The summed E-state index contributed by atoms with van der Waals surface area (Å²) in [6.07, 6.45) is 6.54. The highest BCUT2D eigenvalue weighted by molar-refractivity contribution is 5.68. The Bertz CT molecular complexity index is 522. The molecule has 1 aliphatic rings. The molecule has 154 valence electrons. The van der Waals surface area contributed by atoms with Crippen molar-refractivity contribution in [2.45, 2.75) is 83.6 Å². The fourth-order valence-corrected chi connectivity index (χ4v) is 3.65. The van der Waals surface area contributed by atoms with Crippen molar-refractivity contribution in [1.29, 1.82) is 0 Å². The number of carbonyl (C=O) groups is 1. The number of ether oxygens (including phenoxy) is 1. The minimum absolute atomic E-state index is 0.00156. The largest absolute Gasteiger partial charge is 0.469 e. The van der Waals surface area contributed by atoms with Crippen LogP contribution in [0.1, 0.15) is 65.2 Å². The van der Waals surface area contributed by atoms with Crippen LogP contribution in [-0.4, -0.2) is 41.7 Å². The molecule has 0 saturated heterocycles. The summed E-state index contributed by atoms with van der Waals surface area (Å²) in [5, 5.41) is 20.4. The molecule has 1 fully saturated rings. The predicted octanol–water partition coefficient (Wildman–Crippen LogP) is 3.80. The minimum Gasteiger partial charge on any atom is -0.469 e. The van der Waals surface area contributed by atoms with Gasteiger partial charge in [-0.15, -0.1) is 11.8 Å². The van der Waals surface area contributed by atoms with Crippen LogP contribution in [0, 0.1) is 29.6 Å². The summed E-state index contributed by atoms with van der Waals surface area (Å²) < 4.78 is 18.9. The van der Waals surface area contributed by atoms with Gasteiger partial charge in [-0.2, -0.15) is 0 Å². The van der Waals surface area contributed by atoms with Gasteiger partial charge in [0.05, 0.1) is 19.3 Å². The summed E-state index contributed by atoms with van der Waals surface area (Å²) in [6.45, 7) is 3.69. The molecule has 1 rings (SSSR count). The van der Waals surface area contributed by atoms with Gasteiger partial charge < -0.3 is 14.9 Å². The standard InChI is InChI=1S/C22H35FO4/c1-4-5-10-16(2)20(24)14-13-18-17(19(23)15-21(18)25)11-8-6-7-9-12-22(26)27-3/h13-14,16-21,24-25H,6-12,15H2,1-3H3/b14-13+/t16-,17+,18+,19+,20+,21+/m0/s1. The molecule has 4 nitrogen and oxygen atoms in total. The Hall–Kier alpha value is -1.38. The van der Waals surface area contributed by atoms with Gasteiger partial charge >= 0.3 is 5.97 Å². The van der Waals surface area contributed by atoms with Gasteiger partial charge in [0.15, 0.2) is 0 Å². The van der Waals surface area contributed by atoms with E-state index < -0.39 is 18.4 Å². The maximum absolute atomic E-state index is 14.3. The first-order chi connectivity index (χ1) is 12.9. The van der Waals surface area contributed by atoms with Gasteiger partial charge in [-0.25, -0.2) is 4.39 Å². The number of unbranched alkanes of at least 4 members (excludes halogenated alkanes) is 3. The Morgan fingerprint density at radius 3 is 2.70 bits per heavy atom. The number of aliphatic hydroxyl groups is 2. The fourth-order valence-electron chi connectivity index (χ4n) is 3.65. The molecule has 27 heavy (non-hydrogen) atoms. The van der Waals surface area contributed by atoms with Crippen molar-refractivity contribution in [3.8, 4) is 11.8 Å². The molecule has 0 radical (unpaired) electrons. The monoisotopic (exact) mass is 382 g/mol. The zero-order chi connectivity index (χ0) is 20.2. The number of hydrogen-bond donors (Lipinski definition) is 2. The number of aliphatic hydroxyl groups excluding tert-OH is 2. The summed E-state index contributed by atoms with van der Waals surface area (Å²) >= 11 is 0. The van der Waals surface area contributed by atoms with Gasteiger partial charge in [-0.05, 0) is 31.6 Å². The van der Waals surface area contributed by atoms with Gasteiger partial charge in [0.25, 0.3) is 0 Å². The molecule has 1 aliphatic carbocycles. The molecule has 5 heteroatoms. The molecular weight excluding hydrogens is 347 g/mol. The number of rotatable bonds is 11. The predicted molar refractivity (Wildman–Crippen MR) is 105 cm³/mol. The first kappa shape index (κ1) is 23.7. The maximum Gasteiger partial charge on any atom is 0.305 e. The molecule has 1 saturated carbocycles. The highest BCUT2D eigenvalue weighted by Crippen LogP contribution is 2.39. The van der Waals surface area contributed by atoms with Gasteiger partial charge in [0, 0.05) is 25.2 Å². The van der Waals surface area contributed by atoms with E-state index in [9.17, 15) is 19.4 Å². The lowest BCUT2D eigenvalue weighted by molar-refractivity contribution is -0.140. The third-order valence-electron chi connectivity index (χ3n) is 5.48. The molecular formula is C22H35FO4. The van der Waals surface area contributed by atoms with Gasteiger partial charge in [0.2, 0.25) is 0 Å². The third kappa shape index (κ3) is 8.45. The van der Waals surface area contributed by atoms with E-state index >= 15 is 0 Å². The van der Waals surface area contributed by atoms with Gasteiger partial charge in [-0.1, -0.05) is 38.3 Å². The zero-order valence-corrected chi connectivity index (χ0v) is 16.9. The highest BCUT2D eigenvalue weighted by Gasteiger charge is 2.40. The van der Waals surface area contributed by atoms with E-state index in [0.29, 0.717) is 19.3 Å². The Morgan fingerprint density at radius 2 is 2.04 bits per heavy atom. The van der Waals surface area contributed by atoms with Crippen LogP contribution < -0.4 is 0 Å². The van der Waals surface area contributed by atoms with Crippen LogP contribution in [0.4, 0.5) is 4.39 Å².